The largest absolute Gasteiger partial charge is 0.443 e. The second-order valence-corrected chi connectivity index (χ2v) is 7.23. The Morgan fingerprint density at radius 2 is 1.92 bits per heavy atom. The Hall–Kier alpha value is -2.09. The van der Waals surface area contributed by atoms with Crippen LogP contribution in [0.25, 0.3) is 0 Å². The predicted octanol–water partition coefficient (Wildman–Crippen LogP) is 4.04. The van der Waals surface area contributed by atoms with Gasteiger partial charge in [0.15, 0.2) is 5.01 Å². The summed E-state index contributed by atoms with van der Waals surface area (Å²) >= 11 is 0.453. The third kappa shape index (κ3) is 3.22. The number of halogens is 3. The molecule has 0 unspecified atom stereocenters. The van der Waals surface area contributed by atoms with Crippen molar-refractivity contribution in [1.29, 1.82) is 0 Å². The van der Waals surface area contributed by atoms with Crippen molar-refractivity contribution in [3.8, 4) is 0 Å². The molecule has 1 aromatic carbocycles. The standard InChI is InChI=1S/C17H16F3N3OS/c18-17(19,20)16-21-12(10-25-16)15(24)23-8-7-22(9-11-5-6-11)13-3-1-2-4-14(13)23/h1-4,10-11H,5-9H2. The quantitative estimate of drug-likeness (QED) is 0.822. The van der Waals surface area contributed by atoms with Crippen LogP contribution in [0.3, 0.4) is 0 Å². The minimum Gasteiger partial charge on any atom is -0.368 e. The molecule has 1 amide bonds. The van der Waals surface area contributed by atoms with Crippen LogP contribution in [0, 0.1) is 5.92 Å². The van der Waals surface area contributed by atoms with Crippen LogP contribution < -0.4 is 9.80 Å². The van der Waals surface area contributed by atoms with Crippen molar-refractivity contribution in [3.63, 3.8) is 0 Å². The van der Waals surface area contributed by atoms with E-state index in [0.717, 1.165) is 17.9 Å². The first-order valence-corrected chi connectivity index (χ1v) is 9.00. The molecule has 1 aliphatic heterocycles. The molecule has 132 valence electrons. The molecule has 2 aliphatic rings. The van der Waals surface area contributed by atoms with E-state index in [2.05, 4.69) is 9.88 Å². The maximum Gasteiger partial charge on any atom is 0.443 e. The fraction of sp³-hybridized carbons (Fsp3) is 0.412. The van der Waals surface area contributed by atoms with E-state index in [1.165, 1.54) is 23.1 Å². The van der Waals surface area contributed by atoms with Gasteiger partial charge in [-0.1, -0.05) is 12.1 Å². The normalized spacial score (nSPS) is 17.6. The molecular weight excluding hydrogens is 351 g/mol. The van der Waals surface area contributed by atoms with E-state index in [4.69, 9.17) is 0 Å². The zero-order valence-electron chi connectivity index (χ0n) is 13.3. The van der Waals surface area contributed by atoms with Gasteiger partial charge in [0, 0.05) is 25.0 Å². The number of alkyl halides is 3. The fourth-order valence-corrected chi connectivity index (χ4v) is 3.74. The van der Waals surface area contributed by atoms with Crippen LogP contribution in [0.5, 0.6) is 0 Å². The number of fused-ring (bicyclic) bond motifs is 1. The molecule has 0 atom stereocenters. The lowest BCUT2D eigenvalue weighted by Gasteiger charge is -2.37. The molecule has 8 heteroatoms. The van der Waals surface area contributed by atoms with Gasteiger partial charge in [-0.15, -0.1) is 11.3 Å². The third-order valence-corrected chi connectivity index (χ3v) is 5.38. The van der Waals surface area contributed by atoms with E-state index < -0.39 is 17.1 Å². The Balaban J connectivity index is 1.61. The van der Waals surface area contributed by atoms with Gasteiger partial charge >= 0.3 is 6.18 Å². The lowest BCUT2D eigenvalue weighted by molar-refractivity contribution is -0.137. The van der Waals surface area contributed by atoms with Crippen molar-refractivity contribution in [3.05, 3.63) is 40.3 Å². The Morgan fingerprint density at radius 1 is 1.20 bits per heavy atom. The summed E-state index contributed by atoms with van der Waals surface area (Å²) in [4.78, 5) is 20.0. The minimum atomic E-state index is -4.52. The summed E-state index contributed by atoms with van der Waals surface area (Å²) in [7, 11) is 0. The summed E-state index contributed by atoms with van der Waals surface area (Å²) < 4.78 is 38.2. The molecule has 25 heavy (non-hydrogen) atoms. The molecule has 0 radical (unpaired) electrons. The van der Waals surface area contributed by atoms with Crippen molar-refractivity contribution in [1.82, 2.24) is 4.98 Å². The van der Waals surface area contributed by atoms with E-state index in [0.29, 0.717) is 30.3 Å². The number of hydrogen-bond acceptors (Lipinski definition) is 4. The smallest absolute Gasteiger partial charge is 0.368 e. The number of hydrogen-bond donors (Lipinski definition) is 0. The molecule has 1 saturated carbocycles. The van der Waals surface area contributed by atoms with Crippen LogP contribution in [0.1, 0.15) is 28.3 Å². The topological polar surface area (TPSA) is 36.4 Å². The lowest BCUT2D eigenvalue weighted by Crippen LogP contribution is -2.44. The number of amides is 1. The van der Waals surface area contributed by atoms with Gasteiger partial charge in [0.2, 0.25) is 0 Å². The molecule has 2 heterocycles. The number of para-hydroxylation sites is 2. The molecule has 4 rings (SSSR count). The molecule has 0 spiro atoms. The van der Waals surface area contributed by atoms with Gasteiger partial charge in [0.1, 0.15) is 5.69 Å². The van der Waals surface area contributed by atoms with Gasteiger partial charge in [0.05, 0.1) is 11.4 Å². The van der Waals surface area contributed by atoms with E-state index in [-0.39, 0.29) is 5.69 Å². The molecule has 1 aromatic heterocycles. The van der Waals surface area contributed by atoms with Gasteiger partial charge in [-0.2, -0.15) is 13.2 Å². The van der Waals surface area contributed by atoms with Crippen LogP contribution >= 0.6 is 11.3 Å². The Bertz CT molecular complexity index is 800. The van der Waals surface area contributed by atoms with Gasteiger partial charge < -0.3 is 9.80 Å². The number of rotatable bonds is 3. The van der Waals surface area contributed by atoms with Crippen molar-refractivity contribution >= 4 is 28.6 Å². The molecule has 0 bridgehead atoms. The molecule has 1 aliphatic carbocycles. The van der Waals surface area contributed by atoms with Crippen molar-refractivity contribution < 1.29 is 18.0 Å². The number of carbonyl (C=O) groups excluding carboxylic acids is 1. The second kappa shape index (κ2) is 6.01. The molecule has 2 aromatic rings. The van der Waals surface area contributed by atoms with Crippen LogP contribution in [-0.4, -0.2) is 30.5 Å². The van der Waals surface area contributed by atoms with Crippen molar-refractivity contribution in [2.75, 3.05) is 29.4 Å². The average molecular weight is 367 g/mol. The predicted molar refractivity (Wildman–Crippen MR) is 90.2 cm³/mol. The van der Waals surface area contributed by atoms with E-state index >= 15 is 0 Å². The van der Waals surface area contributed by atoms with E-state index in [9.17, 15) is 18.0 Å². The van der Waals surface area contributed by atoms with Gasteiger partial charge in [-0.25, -0.2) is 4.98 Å². The molecule has 1 fully saturated rings. The monoisotopic (exact) mass is 367 g/mol. The van der Waals surface area contributed by atoms with Crippen molar-refractivity contribution in [2.24, 2.45) is 5.92 Å². The SMILES string of the molecule is O=C(c1csc(C(F)(F)F)n1)N1CCN(CC2CC2)c2ccccc21. The second-order valence-electron chi connectivity index (χ2n) is 6.37. The maximum atomic E-state index is 12.7. The molecule has 4 nitrogen and oxygen atoms in total. The van der Waals surface area contributed by atoms with Crippen LogP contribution in [0.4, 0.5) is 24.5 Å². The fourth-order valence-electron chi connectivity index (χ4n) is 3.07. The number of benzene rings is 1. The summed E-state index contributed by atoms with van der Waals surface area (Å²) in [5, 5.41) is 0.196. The summed E-state index contributed by atoms with van der Waals surface area (Å²) in [5.74, 6) is 0.230. The zero-order valence-corrected chi connectivity index (χ0v) is 14.1. The van der Waals surface area contributed by atoms with Crippen molar-refractivity contribution in [2.45, 2.75) is 19.0 Å². The first-order valence-electron chi connectivity index (χ1n) is 8.12. The molecule has 0 saturated heterocycles. The van der Waals surface area contributed by atoms with Gasteiger partial charge in [-0.05, 0) is 30.9 Å². The van der Waals surface area contributed by atoms with E-state index in [1.54, 1.807) is 0 Å². The summed E-state index contributed by atoms with van der Waals surface area (Å²) in [6, 6.07) is 7.54. The number of nitrogens with zero attached hydrogens (tertiary/aromatic N) is 3. The highest BCUT2D eigenvalue weighted by Crippen LogP contribution is 2.38. The highest BCUT2D eigenvalue weighted by atomic mass is 32.1. The third-order valence-electron chi connectivity index (χ3n) is 4.49. The molecule has 0 N–H and O–H groups in total. The minimum absolute atomic E-state index is 0.150. The summed E-state index contributed by atoms with van der Waals surface area (Å²) in [6.07, 6.45) is -2.05. The van der Waals surface area contributed by atoms with Crippen LogP contribution in [-0.2, 0) is 6.18 Å². The summed E-state index contributed by atoms with van der Waals surface area (Å²) in [6.45, 7) is 2.09. The number of carbonyl (C=O) groups is 1. The van der Waals surface area contributed by atoms with E-state index in [1.807, 2.05) is 24.3 Å². The van der Waals surface area contributed by atoms with Crippen LogP contribution in [0.15, 0.2) is 29.6 Å². The Labute approximate surface area is 146 Å². The first-order chi connectivity index (χ1) is 11.9. The Kier molecular flexibility index (Phi) is 3.94. The number of aromatic nitrogens is 1. The lowest BCUT2D eigenvalue weighted by atomic mass is 10.1. The number of anilines is 2. The van der Waals surface area contributed by atoms with Crippen LogP contribution in [0.2, 0.25) is 0 Å². The van der Waals surface area contributed by atoms with Gasteiger partial charge in [-0.3, -0.25) is 4.79 Å². The summed E-state index contributed by atoms with van der Waals surface area (Å²) in [5.41, 5.74) is 1.55. The number of thiazole rings is 1. The van der Waals surface area contributed by atoms with Gasteiger partial charge in [0.25, 0.3) is 5.91 Å². The highest BCUT2D eigenvalue weighted by Gasteiger charge is 2.37. The zero-order chi connectivity index (χ0) is 17.6. The molecular formula is C17H16F3N3OS. The Morgan fingerprint density at radius 3 is 2.56 bits per heavy atom. The first kappa shape index (κ1) is 16.4. The average Bonchev–Trinajstić information content (AvgIpc) is 3.24. The highest BCUT2D eigenvalue weighted by molar-refractivity contribution is 7.10. The maximum absolute atomic E-state index is 12.7.